The zero-order valence-electron chi connectivity index (χ0n) is 17.7. The summed E-state index contributed by atoms with van der Waals surface area (Å²) in [4.78, 5) is 38.0. The molecule has 2 aromatic carbocycles. The molecular formula is C23H23FN2O5S. The molecular weight excluding hydrogens is 435 g/mol. The summed E-state index contributed by atoms with van der Waals surface area (Å²) in [5.74, 6) is 0.0349. The highest BCUT2D eigenvalue weighted by Crippen LogP contribution is 2.32. The number of nitrogens with one attached hydrogen (secondary N) is 1. The molecule has 0 unspecified atom stereocenters. The van der Waals surface area contributed by atoms with Gasteiger partial charge in [0.15, 0.2) is 11.5 Å². The number of hydrogen-bond acceptors (Lipinski definition) is 6. The van der Waals surface area contributed by atoms with Gasteiger partial charge in [0.2, 0.25) is 5.91 Å². The summed E-state index contributed by atoms with van der Waals surface area (Å²) >= 11 is 0.755. The van der Waals surface area contributed by atoms with Gasteiger partial charge in [0, 0.05) is 25.1 Å². The van der Waals surface area contributed by atoms with Crippen LogP contribution in [0.2, 0.25) is 0 Å². The lowest BCUT2D eigenvalue weighted by Crippen LogP contribution is -2.37. The summed E-state index contributed by atoms with van der Waals surface area (Å²) in [6, 6.07) is 11.5. The summed E-state index contributed by atoms with van der Waals surface area (Å²) in [5, 5.41) is 2.27. The summed E-state index contributed by atoms with van der Waals surface area (Å²) in [6.45, 7) is 0.178. The molecule has 1 fully saturated rings. The predicted molar refractivity (Wildman–Crippen MR) is 120 cm³/mol. The molecule has 32 heavy (non-hydrogen) atoms. The smallest absolute Gasteiger partial charge is 0.293 e. The number of ether oxygens (including phenoxy) is 2. The van der Waals surface area contributed by atoms with E-state index in [1.807, 2.05) is 12.1 Å². The average molecular weight is 459 g/mol. The Morgan fingerprint density at radius 1 is 1.12 bits per heavy atom. The summed E-state index contributed by atoms with van der Waals surface area (Å²) < 4.78 is 24.3. The summed E-state index contributed by atoms with van der Waals surface area (Å²) in [6.07, 6.45) is 2.10. The van der Waals surface area contributed by atoms with Crippen LogP contribution in [0.5, 0.6) is 11.5 Å². The second kappa shape index (κ2) is 10.8. The first-order valence-electron chi connectivity index (χ1n) is 9.90. The first-order chi connectivity index (χ1) is 15.4. The van der Waals surface area contributed by atoms with Gasteiger partial charge in [0.25, 0.3) is 11.1 Å². The van der Waals surface area contributed by atoms with E-state index in [1.165, 1.54) is 18.2 Å². The molecule has 0 aliphatic carbocycles. The van der Waals surface area contributed by atoms with E-state index in [2.05, 4.69) is 5.32 Å². The number of rotatable bonds is 9. The van der Waals surface area contributed by atoms with Gasteiger partial charge in [-0.05, 0) is 48.0 Å². The molecule has 1 saturated heterocycles. The SMILES string of the molecule is COc1ccc(CCC(=O)NCCN2C(=O)SC(=Cc3ccccc3F)C2=O)cc1OC. The van der Waals surface area contributed by atoms with Crippen LogP contribution in [-0.2, 0) is 16.0 Å². The fraction of sp³-hybridized carbons (Fsp3) is 0.261. The van der Waals surface area contributed by atoms with Crippen molar-refractivity contribution in [2.75, 3.05) is 27.3 Å². The standard InChI is InChI=1S/C23H23FN2O5S/c1-30-18-9-7-15(13-19(18)31-2)8-10-21(27)25-11-12-26-22(28)20(32-23(26)29)14-16-5-3-4-6-17(16)24/h3-7,9,13-14H,8,10-12H2,1-2H3,(H,25,27). The molecule has 0 atom stereocenters. The third kappa shape index (κ3) is 5.67. The number of thioether (sulfide) groups is 1. The van der Waals surface area contributed by atoms with Crippen LogP contribution in [0.1, 0.15) is 17.5 Å². The van der Waals surface area contributed by atoms with Crippen LogP contribution >= 0.6 is 11.8 Å². The fourth-order valence-corrected chi connectivity index (χ4v) is 3.97. The van der Waals surface area contributed by atoms with E-state index in [9.17, 15) is 18.8 Å². The molecule has 0 saturated carbocycles. The average Bonchev–Trinajstić information content (AvgIpc) is 3.06. The van der Waals surface area contributed by atoms with E-state index >= 15 is 0 Å². The van der Waals surface area contributed by atoms with Crippen molar-refractivity contribution in [1.82, 2.24) is 10.2 Å². The van der Waals surface area contributed by atoms with Crippen molar-refractivity contribution in [3.8, 4) is 11.5 Å². The molecule has 0 spiro atoms. The van der Waals surface area contributed by atoms with Crippen molar-refractivity contribution < 1.29 is 28.2 Å². The number of carbonyl (C=O) groups excluding carboxylic acids is 3. The van der Waals surface area contributed by atoms with Crippen molar-refractivity contribution in [1.29, 1.82) is 0 Å². The van der Waals surface area contributed by atoms with Crippen molar-refractivity contribution in [3.05, 3.63) is 64.3 Å². The van der Waals surface area contributed by atoms with Gasteiger partial charge in [0.05, 0.1) is 19.1 Å². The van der Waals surface area contributed by atoms with Gasteiger partial charge in [-0.15, -0.1) is 0 Å². The van der Waals surface area contributed by atoms with E-state index in [-0.39, 0.29) is 35.9 Å². The summed E-state index contributed by atoms with van der Waals surface area (Å²) in [5.41, 5.74) is 1.16. The van der Waals surface area contributed by atoms with E-state index in [1.54, 1.807) is 32.4 Å². The van der Waals surface area contributed by atoms with E-state index in [4.69, 9.17) is 9.47 Å². The highest BCUT2D eigenvalue weighted by atomic mass is 32.2. The minimum Gasteiger partial charge on any atom is -0.493 e. The molecule has 3 amide bonds. The molecule has 3 rings (SSSR count). The normalized spacial score (nSPS) is 14.7. The summed E-state index contributed by atoms with van der Waals surface area (Å²) in [7, 11) is 3.10. The van der Waals surface area contributed by atoms with Gasteiger partial charge < -0.3 is 14.8 Å². The zero-order valence-corrected chi connectivity index (χ0v) is 18.5. The molecule has 0 aromatic heterocycles. The number of imide groups is 1. The van der Waals surface area contributed by atoms with Crippen LogP contribution in [0.15, 0.2) is 47.4 Å². The largest absolute Gasteiger partial charge is 0.493 e. The predicted octanol–water partition coefficient (Wildman–Crippen LogP) is 3.63. The number of amides is 3. The Bertz CT molecular complexity index is 1060. The number of nitrogens with zero attached hydrogens (tertiary/aromatic N) is 1. The maximum Gasteiger partial charge on any atom is 0.293 e. The molecule has 1 aliphatic rings. The van der Waals surface area contributed by atoms with Crippen molar-refractivity contribution in [2.24, 2.45) is 0 Å². The topological polar surface area (TPSA) is 84.9 Å². The fourth-order valence-electron chi connectivity index (χ4n) is 3.12. The van der Waals surface area contributed by atoms with Crippen LogP contribution in [0.4, 0.5) is 9.18 Å². The Morgan fingerprint density at radius 2 is 1.88 bits per heavy atom. The van der Waals surface area contributed by atoms with E-state index < -0.39 is 17.0 Å². The monoisotopic (exact) mass is 458 g/mol. The minimum absolute atomic E-state index is 0.0430. The van der Waals surface area contributed by atoms with Crippen molar-refractivity contribution >= 4 is 34.9 Å². The molecule has 168 valence electrons. The lowest BCUT2D eigenvalue weighted by molar-refractivity contribution is -0.124. The minimum atomic E-state index is -0.497. The Kier molecular flexibility index (Phi) is 7.88. The Labute approximate surface area is 189 Å². The second-order valence-corrected chi connectivity index (χ2v) is 7.89. The first-order valence-corrected chi connectivity index (χ1v) is 10.7. The van der Waals surface area contributed by atoms with Crippen LogP contribution in [0.25, 0.3) is 6.08 Å². The number of carbonyl (C=O) groups is 3. The molecule has 7 nitrogen and oxygen atoms in total. The van der Waals surface area contributed by atoms with E-state index in [0.717, 1.165) is 22.2 Å². The van der Waals surface area contributed by atoms with Gasteiger partial charge >= 0.3 is 0 Å². The van der Waals surface area contributed by atoms with Gasteiger partial charge in [-0.1, -0.05) is 24.3 Å². The van der Waals surface area contributed by atoms with Crippen molar-refractivity contribution in [2.45, 2.75) is 12.8 Å². The third-order valence-electron chi connectivity index (χ3n) is 4.81. The molecule has 1 N–H and O–H groups in total. The maximum absolute atomic E-state index is 13.8. The van der Waals surface area contributed by atoms with Crippen LogP contribution in [0, 0.1) is 5.82 Å². The lowest BCUT2D eigenvalue weighted by Gasteiger charge is -2.13. The lowest BCUT2D eigenvalue weighted by atomic mass is 10.1. The first kappa shape index (κ1) is 23.3. The molecule has 2 aromatic rings. The molecule has 0 bridgehead atoms. The van der Waals surface area contributed by atoms with Gasteiger partial charge in [0.1, 0.15) is 5.82 Å². The third-order valence-corrected chi connectivity index (χ3v) is 5.72. The number of halogens is 1. The highest BCUT2D eigenvalue weighted by molar-refractivity contribution is 8.18. The van der Waals surface area contributed by atoms with Gasteiger partial charge in [-0.3, -0.25) is 19.3 Å². The molecule has 0 radical (unpaired) electrons. The number of aryl methyl sites for hydroxylation is 1. The van der Waals surface area contributed by atoms with Gasteiger partial charge in [-0.2, -0.15) is 0 Å². The second-order valence-electron chi connectivity index (χ2n) is 6.89. The quantitative estimate of drug-likeness (QED) is 0.578. The van der Waals surface area contributed by atoms with Gasteiger partial charge in [-0.25, -0.2) is 4.39 Å². The Morgan fingerprint density at radius 3 is 2.59 bits per heavy atom. The molecule has 9 heteroatoms. The number of hydrogen-bond donors (Lipinski definition) is 1. The zero-order chi connectivity index (χ0) is 23.1. The highest BCUT2D eigenvalue weighted by Gasteiger charge is 2.34. The molecule has 1 heterocycles. The van der Waals surface area contributed by atoms with Crippen molar-refractivity contribution in [3.63, 3.8) is 0 Å². The van der Waals surface area contributed by atoms with Crippen LogP contribution < -0.4 is 14.8 Å². The number of benzene rings is 2. The number of methoxy groups -OCH3 is 2. The van der Waals surface area contributed by atoms with Crippen LogP contribution in [0.3, 0.4) is 0 Å². The Balaban J connectivity index is 1.48. The van der Waals surface area contributed by atoms with Crippen LogP contribution in [-0.4, -0.2) is 49.3 Å². The maximum atomic E-state index is 13.8. The Hall–Kier alpha value is -3.33. The van der Waals surface area contributed by atoms with E-state index in [0.29, 0.717) is 17.9 Å². The molecule has 1 aliphatic heterocycles.